The molecule has 0 aliphatic rings. The average molecular weight is 337 g/mol. The molecule has 18 heavy (non-hydrogen) atoms. The summed E-state index contributed by atoms with van der Waals surface area (Å²) in [6, 6.07) is 4.22. The molecule has 0 amide bonds. The maximum Gasteiger partial charge on any atom is 0.271 e. The molecule has 6 heteroatoms. The first kappa shape index (κ1) is 15.2. The maximum absolute atomic E-state index is 10.6. The quantitative estimate of drug-likeness (QED) is 0.442. The van der Waals surface area contributed by atoms with Crippen molar-refractivity contribution in [2.24, 2.45) is 11.8 Å². The normalized spacial score (nSPS) is 12.5. The van der Waals surface area contributed by atoms with Crippen molar-refractivity contribution in [1.29, 1.82) is 0 Å². The van der Waals surface area contributed by atoms with Crippen molar-refractivity contribution in [1.82, 2.24) is 0 Å². The second-order valence-electron chi connectivity index (χ2n) is 4.34. The number of rotatable bonds is 6. The molecule has 0 spiro atoms. The lowest BCUT2D eigenvalue weighted by Gasteiger charge is -2.19. The van der Waals surface area contributed by atoms with Crippen molar-refractivity contribution in [3.05, 3.63) is 33.3 Å². The van der Waals surface area contributed by atoms with Gasteiger partial charge < -0.3 is 4.74 Å². The number of hydrogen-bond donors (Lipinski definition) is 0. The van der Waals surface area contributed by atoms with Gasteiger partial charge in [-0.05, 0) is 12.0 Å². The first-order chi connectivity index (χ1) is 8.45. The summed E-state index contributed by atoms with van der Waals surface area (Å²) in [6.07, 6.45) is 0. The van der Waals surface area contributed by atoms with E-state index in [9.17, 15) is 10.1 Å². The fourth-order valence-electron chi connectivity index (χ4n) is 1.33. The van der Waals surface area contributed by atoms with Crippen LogP contribution in [0.25, 0.3) is 0 Å². The minimum atomic E-state index is -0.481. The Balaban J connectivity index is 2.71. The van der Waals surface area contributed by atoms with Crippen LogP contribution in [0.3, 0.4) is 0 Å². The molecular formula is C12H15BrClNO3. The summed E-state index contributed by atoms with van der Waals surface area (Å²) < 4.78 is 5.60. The van der Waals surface area contributed by atoms with Crippen molar-refractivity contribution in [2.45, 2.75) is 13.8 Å². The summed E-state index contributed by atoms with van der Waals surface area (Å²) in [5, 5.41) is 11.7. The van der Waals surface area contributed by atoms with Gasteiger partial charge in [0.1, 0.15) is 5.75 Å². The Kier molecular flexibility index (Phi) is 5.88. The molecule has 0 bridgehead atoms. The molecule has 0 aliphatic heterocycles. The minimum absolute atomic E-state index is 0.0340. The van der Waals surface area contributed by atoms with E-state index in [2.05, 4.69) is 29.8 Å². The van der Waals surface area contributed by atoms with E-state index in [0.717, 1.165) is 5.33 Å². The van der Waals surface area contributed by atoms with Crippen LogP contribution in [0.5, 0.6) is 5.75 Å². The first-order valence-electron chi connectivity index (χ1n) is 5.58. The monoisotopic (exact) mass is 335 g/mol. The van der Waals surface area contributed by atoms with Crippen LogP contribution in [-0.2, 0) is 0 Å². The fourth-order valence-corrected chi connectivity index (χ4v) is 2.50. The van der Waals surface area contributed by atoms with Crippen molar-refractivity contribution in [3.8, 4) is 5.75 Å². The van der Waals surface area contributed by atoms with E-state index < -0.39 is 4.92 Å². The molecule has 100 valence electrons. The molecule has 0 aromatic heterocycles. The molecule has 1 rings (SSSR count). The number of hydrogen-bond acceptors (Lipinski definition) is 3. The van der Waals surface area contributed by atoms with Crippen molar-refractivity contribution >= 4 is 33.2 Å². The fraction of sp³-hybridized carbons (Fsp3) is 0.500. The van der Waals surface area contributed by atoms with Gasteiger partial charge in [-0.1, -0.05) is 41.4 Å². The van der Waals surface area contributed by atoms with E-state index in [-0.39, 0.29) is 10.7 Å². The van der Waals surface area contributed by atoms with E-state index in [1.807, 2.05) is 0 Å². The van der Waals surface area contributed by atoms with Gasteiger partial charge >= 0.3 is 0 Å². The lowest BCUT2D eigenvalue weighted by atomic mass is 9.99. The number of halogens is 2. The van der Waals surface area contributed by atoms with Gasteiger partial charge in [-0.3, -0.25) is 10.1 Å². The van der Waals surface area contributed by atoms with Gasteiger partial charge in [-0.15, -0.1) is 0 Å². The summed E-state index contributed by atoms with van der Waals surface area (Å²) in [6.45, 7) is 4.76. The van der Waals surface area contributed by atoms with Gasteiger partial charge in [0.15, 0.2) is 0 Å². The maximum atomic E-state index is 10.6. The third kappa shape index (κ3) is 4.14. The van der Waals surface area contributed by atoms with Crippen LogP contribution in [0.2, 0.25) is 5.02 Å². The highest BCUT2D eigenvalue weighted by molar-refractivity contribution is 9.09. The van der Waals surface area contributed by atoms with E-state index >= 15 is 0 Å². The molecule has 0 N–H and O–H groups in total. The molecule has 0 fully saturated rings. The summed E-state index contributed by atoms with van der Waals surface area (Å²) >= 11 is 9.38. The predicted octanol–water partition coefficient (Wildman–Crippen LogP) is 4.29. The van der Waals surface area contributed by atoms with Gasteiger partial charge in [0.25, 0.3) is 5.69 Å². The van der Waals surface area contributed by atoms with Crippen LogP contribution >= 0.6 is 27.5 Å². The Morgan fingerprint density at radius 3 is 2.61 bits per heavy atom. The third-order valence-corrected chi connectivity index (χ3v) is 3.85. The number of nitrogens with zero attached hydrogens (tertiary/aromatic N) is 1. The second-order valence-corrected chi connectivity index (χ2v) is 5.40. The zero-order valence-electron chi connectivity index (χ0n) is 10.2. The van der Waals surface area contributed by atoms with E-state index in [1.165, 1.54) is 18.2 Å². The van der Waals surface area contributed by atoms with Crippen molar-refractivity contribution < 1.29 is 9.66 Å². The highest BCUT2D eigenvalue weighted by Gasteiger charge is 2.15. The van der Waals surface area contributed by atoms with Crippen molar-refractivity contribution in [2.75, 3.05) is 11.9 Å². The number of non-ortho nitro benzene ring substituents is 1. The second kappa shape index (κ2) is 6.95. The highest BCUT2D eigenvalue weighted by atomic mass is 79.9. The van der Waals surface area contributed by atoms with Crippen molar-refractivity contribution in [3.63, 3.8) is 0 Å². The lowest BCUT2D eigenvalue weighted by Crippen LogP contribution is -2.19. The molecule has 0 aliphatic carbocycles. The topological polar surface area (TPSA) is 52.4 Å². The Bertz CT molecular complexity index is 426. The molecule has 0 radical (unpaired) electrons. The van der Waals surface area contributed by atoms with Crippen LogP contribution in [0.1, 0.15) is 13.8 Å². The van der Waals surface area contributed by atoms with Crippen LogP contribution in [0.4, 0.5) is 5.69 Å². The van der Waals surface area contributed by atoms with Crippen LogP contribution in [-0.4, -0.2) is 16.9 Å². The minimum Gasteiger partial charge on any atom is -0.492 e. The SMILES string of the molecule is CC(C)C(CBr)COc1ccc([N+](=O)[O-])cc1Cl. The van der Waals surface area contributed by atoms with Crippen LogP contribution in [0.15, 0.2) is 18.2 Å². The molecule has 0 heterocycles. The summed E-state index contributed by atoms with van der Waals surface area (Å²) in [5.74, 6) is 1.34. The molecule has 1 unspecified atom stereocenters. The third-order valence-electron chi connectivity index (χ3n) is 2.72. The zero-order chi connectivity index (χ0) is 13.7. The molecule has 4 nitrogen and oxygen atoms in total. The molecule has 1 atom stereocenters. The molecular weight excluding hydrogens is 321 g/mol. The van der Waals surface area contributed by atoms with Gasteiger partial charge in [-0.2, -0.15) is 0 Å². The molecule has 0 saturated heterocycles. The Morgan fingerprint density at radius 1 is 1.50 bits per heavy atom. The van der Waals surface area contributed by atoms with E-state index in [0.29, 0.717) is 24.2 Å². The van der Waals surface area contributed by atoms with Gasteiger partial charge in [0.2, 0.25) is 0 Å². The predicted molar refractivity (Wildman–Crippen MR) is 75.7 cm³/mol. The number of alkyl halides is 1. The molecule has 0 saturated carbocycles. The van der Waals surface area contributed by atoms with Gasteiger partial charge in [0.05, 0.1) is 16.6 Å². The zero-order valence-corrected chi connectivity index (χ0v) is 12.6. The van der Waals surface area contributed by atoms with Gasteiger partial charge in [0, 0.05) is 23.4 Å². The summed E-state index contributed by atoms with van der Waals surface area (Å²) in [7, 11) is 0. The largest absolute Gasteiger partial charge is 0.492 e. The summed E-state index contributed by atoms with van der Waals surface area (Å²) in [4.78, 5) is 10.1. The Hall–Kier alpha value is -0.810. The van der Waals surface area contributed by atoms with E-state index in [4.69, 9.17) is 16.3 Å². The standard InChI is InChI=1S/C12H15BrClNO3/c1-8(2)9(6-13)7-18-12-4-3-10(15(16)17)5-11(12)14/h3-5,8-9H,6-7H2,1-2H3. The number of ether oxygens (including phenoxy) is 1. The highest BCUT2D eigenvalue weighted by Crippen LogP contribution is 2.29. The van der Waals surface area contributed by atoms with E-state index in [1.54, 1.807) is 0 Å². The number of nitro benzene ring substituents is 1. The Morgan fingerprint density at radius 2 is 2.17 bits per heavy atom. The number of benzene rings is 1. The van der Waals surface area contributed by atoms with Crippen LogP contribution in [0, 0.1) is 22.0 Å². The Labute approximate surface area is 120 Å². The lowest BCUT2D eigenvalue weighted by molar-refractivity contribution is -0.384. The smallest absolute Gasteiger partial charge is 0.271 e. The average Bonchev–Trinajstić information content (AvgIpc) is 2.30. The van der Waals surface area contributed by atoms with Crippen LogP contribution < -0.4 is 4.74 Å². The first-order valence-corrected chi connectivity index (χ1v) is 7.08. The summed E-state index contributed by atoms with van der Waals surface area (Å²) in [5.41, 5.74) is -0.0340. The number of nitro groups is 1. The van der Waals surface area contributed by atoms with Gasteiger partial charge in [-0.25, -0.2) is 0 Å². The molecule has 1 aromatic carbocycles. The molecule has 1 aromatic rings.